The highest BCUT2D eigenvalue weighted by atomic mass is 32.2. The number of hydrogen-bond donors (Lipinski definition) is 4. The fraction of sp³-hybridized carbons (Fsp3) is 0.259. The number of oxime groups is 1. The first kappa shape index (κ1) is 29.6. The van der Waals surface area contributed by atoms with Gasteiger partial charge in [0, 0.05) is 33.9 Å². The van der Waals surface area contributed by atoms with E-state index < -0.39 is 29.2 Å². The number of thioether (sulfide) groups is 2. The third kappa shape index (κ3) is 5.97. The summed E-state index contributed by atoms with van der Waals surface area (Å²) in [6.45, 7) is 0.159. The first-order valence-electron chi connectivity index (χ1n) is 13.1. The number of aliphatic carboxylic acids is 1. The molecule has 3 aliphatic heterocycles. The van der Waals surface area contributed by atoms with Crippen molar-refractivity contribution in [1.82, 2.24) is 15.2 Å². The average molecular weight is 657 g/mol. The lowest BCUT2D eigenvalue weighted by Gasteiger charge is -2.49. The molecule has 17 heteroatoms. The maximum Gasteiger partial charge on any atom is 0.352 e. The van der Waals surface area contributed by atoms with Gasteiger partial charge in [-0.3, -0.25) is 14.5 Å². The van der Waals surface area contributed by atoms with E-state index in [1.165, 1.54) is 28.4 Å². The predicted octanol–water partition coefficient (Wildman–Crippen LogP) is 1.37. The lowest BCUT2D eigenvalue weighted by atomic mass is 10.0. The number of carboxylic acid groups (broad SMARTS) is 1. The minimum atomic E-state index is -1.19. The highest BCUT2D eigenvalue weighted by molar-refractivity contribution is 8.01. The summed E-state index contributed by atoms with van der Waals surface area (Å²) in [5, 5.41) is 17.9. The zero-order valence-electron chi connectivity index (χ0n) is 23.1. The van der Waals surface area contributed by atoms with Gasteiger partial charge in [-0.1, -0.05) is 15.9 Å². The Bertz CT molecular complexity index is 1680. The van der Waals surface area contributed by atoms with E-state index in [4.69, 9.17) is 20.0 Å². The maximum atomic E-state index is 13.4. The fourth-order valence-corrected chi connectivity index (χ4v) is 7.55. The van der Waals surface area contributed by atoms with E-state index in [0.29, 0.717) is 28.6 Å². The van der Waals surface area contributed by atoms with Gasteiger partial charge in [-0.05, 0) is 23.3 Å². The predicted molar refractivity (Wildman–Crippen MR) is 163 cm³/mol. The van der Waals surface area contributed by atoms with E-state index in [1.54, 1.807) is 35.3 Å². The zero-order valence-corrected chi connectivity index (χ0v) is 25.5. The summed E-state index contributed by atoms with van der Waals surface area (Å²) in [6.07, 6.45) is 3.71. The minimum absolute atomic E-state index is 0.0215. The van der Waals surface area contributed by atoms with Crippen molar-refractivity contribution in [3.63, 3.8) is 0 Å². The van der Waals surface area contributed by atoms with E-state index in [1.807, 2.05) is 24.5 Å². The standard InChI is InChI=1S/C27H25N7O7S3/c1-29-33-6-4-16(5-7-33)42-10-15-11-43-25-21(24(36)34(25)22(15)26(37)38)31-23(35)20(17-12-44-27(28)30-17)32-41-9-14-2-3-18-19(8-14)40-13-39-18/h2-8,12,21,25,29H,9-11,13H2,1H3,(H3-,28,30,31,35,37,38)/p+1/b32-20-/t21-,25-/m1/s1. The molecule has 5 heterocycles. The van der Waals surface area contributed by atoms with Gasteiger partial charge in [-0.25, -0.2) is 9.78 Å². The van der Waals surface area contributed by atoms with Gasteiger partial charge in [0.1, 0.15) is 29.4 Å². The number of carbonyl (C=O) groups is 3. The van der Waals surface area contributed by atoms with E-state index in [9.17, 15) is 19.5 Å². The van der Waals surface area contributed by atoms with Crippen LogP contribution in [0.2, 0.25) is 0 Å². The Balaban J connectivity index is 1.14. The van der Waals surface area contributed by atoms with Crippen LogP contribution in [0.3, 0.4) is 0 Å². The summed E-state index contributed by atoms with van der Waals surface area (Å²) >= 11 is 3.99. The van der Waals surface area contributed by atoms with Crippen molar-refractivity contribution < 1.29 is 38.5 Å². The monoisotopic (exact) mass is 656 g/mol. The summed E-state index contributed by atoms with van der Waals surface area (Å²) in [4.78, 5) is 50.8. The van der Waals surface area contributed by atoms with Crippen LogP contribution in [0.25, 0.3) is 0 Å². The van der Waals surface area contributed by atoms with Gasteiger partial charge in [-0.2, -0.15) is 5.43 Å². The summed E-state index contributed by atoms with van der Waals surface area (Å²) in [7, 11) is 1.80. The van der Waals surface area contributed by atoms with Gasteiger partial charge in [-0.15, -0.1) is 34.9 Å². The second-order valence-electron chi connectivity index (χ2n) is 9.54. The lowest BCUT2D eigenvalue weighted by Crippen LogP contribution is -2.71. The third-order valence-electron chi connectivity index (χ3n) is 6.81. The van der Waals surface area contributed by atoms with Crippen LogP contribution in [0.15, 0.2) is 69.4 Å². The summed E-state index contributed by atoms with van der Waals surface area (Å²) in [6, 6.07) is 8.14. The number of hydrogen-bond acceptors (Lipinski definition) is 13. The molecule has 0 radical (unpaired) electrons. The molecule has 44 heavy (non-hydrogen) atoms. The number of fused-ring (bicyclic) bond motifs is 2. The Morgan fingerprint density at radius 3 is 2.80 bits per heavy atom. The molecule has 14 nitrogen and oxygen atoms in total. The number of pyridine rings is 1. The van der Waals surface area contributed by atoms with Crippen LogP contribution < -0.4 is 30.6 Å². The van der Waals surface area contributed by atoms with Crippen LogP contribution in [0.1, 0.15) is 11.3 Å². The Kier molecular flexibility index (Phi) is 8.49. The summed E-state index contributed by atoms with van der Waals surface area (Å²) in [5.74, 6) is -0.427. The van der Waals surface area contributed by atoms with Crippen LogP contribution in [0.5, 0.6) is 11.5 Å². The molecule has 1 saturated heterocycles. The van der Waals surface area contributed by atoms with Crippen LogP contribution in [0, 0.1) is 0 Å². The van der Waals surface area contributed by atoms with Crippen molar-refractivity contribution in [2.24, 2.45) is 5.16 Å². The molecule has 228 valence electrons. The van der Waals surface area contributed by atoms with Crippen molar-refractivity contribution in [3.05, 3.63) is 70.6 Å². The minimum Gasteiger partial charge on any atom is -0.477 e. The number of benzene rings is 1. The topological polar surface area (TPSA) is 182 Å². The quantitative estimate of drug-likeness (QED) is 0.0766. The first-order chi connectivity index (χ1) is 21.3. The molecule has 0 bridgehead atoms. The number of aromatic nitrogens is 2. The van der Waals surface area contributed by atoms with Crippen LogP contribution in [-0.4, -0.2) is 75.2 Å². The van der Waals surface area contributed by atoms with Crippen molar-refractivity contribution in [2.75, 3.05) is 36.5 Å². The molecule has 6 rings (SSSR count). The Labute approximate surface area is 263 Å². The molecule has 5 N–H and O–H groups in total. The number of amides is 2. The fourth-order valence-electron chi connectivity index (χ4n) is 4.64. The zero-order chi connectivity index (χ0) is 30.8. The average Bonchev–Trinajstić information content (AvgIpc) is 3.68. The Morgan fingerprint density at radius 1 is 1.27 bits per heavy atom. The van der Waals surface area contributed by atoms with Crippen LogP contribution in [0.4, 0.5) is 5.13 Å². The van der Waals surface area contributed by atoms with Crippen LogP contribution >= 0.6 is 34.9 Å². The second kappa shape index (κ2) is 12.6. The summed E-state index contributed by atoms with van der Waals surface area (Å²) in [5.41, 5.74) is 10.1. The molecule has 2 aromatic heterocycles. The molecule has 1 aromatic carbocycles. The number of thiazole rings is 1. The molecule has 0 aliphatic carbocycles. The Morgan fingerprint density at radius 2 is 2.07 bits per heavy atom. The molecule has 3 aromatic rings. The molecular formula is C27H26N7O7S3+. The van der Waals surface area contributed by atoms with Crippen LogP contribution in [-0.2, 0) is 25.8 Å². The van der Waals surface area contributed by atoms with E-state index >= 15 is 0 Å². The number of rotatable bonds is 11. The first-order valence-corrected chi connectivity index (χ1v) is 16.1. The molecule has 0 unspecified atom stereocenters. The van der Waals surface area contributed by atoms with Gasteiger partial charge in [0.05, 0.1) is 7.05 Å². The number of carboxylic acids is 1. The molecule has 1 fully saturated rings. The maximum absolute atomic E-state index is 13.4. The normalized spacial score (nSPS) is 18.9. The molecule has 0 spiro atoms. The van der Waals surface area contributed by atoms with Crippen molar-refractivity contribution >= 4 is 63.5 Å². The number of ether oxygens (including phenoxy) is 2. The number of anilines is 1. The number of nitrogen functional groups attached to an aromatic ring is 1. The van der Waals surface area contributed by atoms with E-state index in [2.05, 4.69) is 20.9 Å². The number of nitrogens with one attached hydrogen (secondary N) is 2. The summed E-state index contributed by atoms with van der Waals surface area (Å²) < 4.78 is 12.5. The highest BCUT2D eigenvalue weighted by Crippen LogP contribution is 2.41. The molecule has 3 aliphatic rings. The Hall–Kier alpha value is -4.48. The highest BCUT2D eigenvalue weighted by Gasteiger charge is 2.54. The molecule has 2 atom stereocenters. The van der Waals surface area contributed by atoms with Gasteiger partial charge in [0.15, 0.2) is 22.3 Å². The van der Waals surface area contributed by atoms with E-state index in [-0.39, 0.29) is 35.6 Å². The largest absolute Gasteiger partial charge is 0.477 e. The number of β-lactam (4-membered cyclic amide) rings is 1. The molecule has 2 amide bonds. The van der Waals surface area contributed by atoms with Crippen molar-refractivity contribution in [2.45, 2.75) is 22.9 Å². The number of nitrogens with two attached hydrogens (primary N) is 1. The molecule has 0 saturated carbocycles. The smallest absolute Gasteiger partial charge is 0.352 e. The lowest BCUT2D eigenvalue weighted by molar-refractivity contribution is -0.647. The number of carbonyl (C=O) groups excluding carboxylic acids is 2. The third-order valence-corrected chi connectivity index (χ3v) is 9.92. The van der Waals surface area contributed by atoms with E-state index in [0.717, 1.165) is 21.8 Å². The van der Waals surface area contributed by atoms with Gasteiger partial charge < -0.3 is 30.5 Å². The molecular weight excluding hydrogens is 631 g/mol. The van der Waals surface area contributed by atoms with Gasteiger partial charge in [0.25, 0.3) is 11.8 Å². The van der Waals surface area contributed by atoms with Gasteiger partial charge >= 0.3 is 5.97 Å². The SMILES string of the molecule is CN[n+]1ccc(SCC2=C(C(=O)O)N3C(=O)[C@@H](NC(=O)/C(=N\OCc4ccc5c(c4)OCO5)c4csc(N)n4)[C@H]3SC2)cc1. The van der Waals surface area contributed by atoms with Gasteiger partial charge in [0.2, 0.25) is 19.2 Å². The van der Waals surface area contributed by atoms with Crippen molar-refractivity contribution in [1.29, 1.82) is 0 Å². The second-order valence-corrected chi connectivity index (χ2v) is 12.6. The number of nitrogens with zero attached hydrogens (tertiary/aromatic N) is 4. The van der Waals surface area contributed by atoms with Crippen molar-refractivity contribution in [3.8, 4) is 11.5 Å².